The van der Waals surface area contributed by atoms with Crippen molar-refractivity contribution < 1.29 is 4.74 Å². The lowest BCUT2D eigenvalue weighted by molar-refractivity contribution is 0.00277. The maximum absolute atomic E-state index is 5.66. The maximum Gasteiger partial charge on any atom is 0.142 e. The molecule has 1 aliphatic heterocycles. The third-order valence-electron chi connectivity index (χ3n) is 6.70. The second-order valence-corrected chi connectivity index (χ2v) is 7.47. The van der Waals surface area contributed by atoms with Crippen LogP contribution in [0.25, 0.3) is 0 Å². The van der Waals surface area contributed by atoms with Crippen molar-refractivity contribution in [3.8, 4) is 5.75 Å². The van der Waals surface area contributed by atoms with Gasteiger partial charge < -0.3 is 15.0 Å². The number of rotatable bonds is 2. The van der Waals surface area contributed by atoms with Gasteiger partial charge in [0.2, 0.25) is 0 Å². The smallest absolute Gasteiger partial charge is 0.142 e. The van der Waals surface area contributed by atoms with Gasteiger partial charge in [-0.15, -0.1) is 0 Å². The standard InChI is InChI=1S/C19H28N2O/c1-20-16-10-13-11-17-14-6-4-5-7-19(14,8-9-21(17)2)15(13)12-18(16)22-3/h10,12,14,17,20H,4-9,11H2,1-3H3/t14-,17-,19-/m1/s1. The number of anilines is 1. The predicted octanol–water partition coefficient (Wildman–Crippen LogP) is 3.43. The molecule has 1 saturated carbocycles. The first-order valence-corrected chi connectivity index (χ1v) is 8.79. The third-order valence-corrected chi connectivity index (χ3v) is 6.70. The van der Waals surface area contributed by atoms with Gasteiger partial charge in [-0.05, 0) is 68.5 Å². The Morgan fingerprint density at radius 3 is 2.91 bits per heavy atom. The molecule has 3 atom stereocenters. The number of methoxy groups -OCH3 is 1. The molecule has 4 rings (SSSR count). The summed E-state index contributed by atoms with van der Waals surface area (Å²) < 4.78 is 5.66. The molecule has 0 unspecified atom stereocenters. The molecule has 1 aromatic rings. The molecule has 2 bridgehead atoms. The molecule has 1 saturated heterocycles. The van der Waals surface area contributed by atoms with Crippen LogP contribution in [0.3, 0.4) is 0 Å². The molecule has 22 heavy (non-hydrogen) atoms. The molecule has 0 spiro atoms. The topological polar surface area (TPSA) is 24.5 Å². The van der Waals surface area contributed by atoms with Crippen LogP contribution >= 0.6 is 0 Å². The zero-order chi connectivity index (χ0) is 15.3. The van der Waals surface area contributed by atoms with Crippen molar-refractivity contribution in [1.82, 2.24) is 4.90 Å². The molecule has 1 N–H and O–H groups in total. The molecular formula is C19H28N2O. The summed E-state index contributed by atoms with van der Waals surface area (Å²) >= 11 is 0. The van der Waals surface area contributed by atoms with Crippen LogP contribution < -0.4 is 10.1 Å². The van der Waals surface area contributed by atoms with Crippen molar-refractivity contribution >= 4 is 5.69 Å². The van der Waals surface area contributed by atoms with Gasteiger partial charge in [0.05, 0.1) is 12.8 Å². The Hall–Kier alpha value is -1.22. The molecule has 0 radical (unpaired) electrons. The molecular weight excluding hydrogens is 272 g/mol. The monoisotopic (exact) mass is 300 g/mol. The summed E-state index contributed by atoms with van der Waals surface area (Å²) in [7, 11) is 6.11. The third kappa shape index (κ3) is 1.84. The molecule has 3 nitrogen and oxygen atoms in total. The van der Waals surface area contributed by atoms with E-state index in [9.17, 15) is 0 Å². The number of benzene rings is 1. The van der Waals surface area contributed by atoms with Gasteiger partial charge in [0, 0.05) is 18.5 Å². The van der Waals surface area contributed by atoms with Crippen molar-refractivity contribution in [2.75, 3.05) is 33.1 Å². The van der Waals surface area contributed by atoms with Crippen LogP contribution in [0.2, 0.25) is 0 Å². The number of fused-ring (bicyclic) bond motifs is 1. The highest BCUT2D eigenvalue weighted by Crippen LogP contribution is 2.56. The van der Waals surface area contributed by atoms with Gasteiger partial charge in [0.1, 0.15) is 5.75 Å². The molecule has 0 amide bonds. The lowest BCUT2D eigenvalue weighted by atomic mass is 9.52. The molecule has 2 fully saturated rings. The van der Waals surface area contributed by atoms with E-state index in [1.165, 1.54) is 45.1 Å². The number of nitrogens with one attached hydrogen (secondary N) is 1. The number of hydrogen-bond acceptors (Lipinski definition) is 3. The van der Waals surface area contributed by atoms with E-state index in [1.807, 2.05) is 7.05 Å². The second-order valence-electron chi connectivity index (χ2n) is 7.47. The lowest BCUT2D eigenvalue weighted by Crippen LogP contribution is -2.59. The van der Waals surface area contributed by atoms with E-state index < -0.39 is 0 Å². The minimum atomic E-state index is 0.419. The number of nitrogens with zero attached hydrogens (tertiary/aromatic N) is 1. The molecule has 3 heteroatoms. The van der Waals surface area contributed by atoms with Gasteiger partial charge >= 0.3 is 0 Å². The van der Waals surface area contributed by atoms with Crippen molar-refractivity contribution in [2.24, 2.45) is 5.92 Å². The molecule has 120 valence electrons. The van der Waals surface area contributed by atoms with Crippen molar-refractivity contribution in [2.45, 2.75) is 50.0 Å². The summed E-state index contributed by atoms with van der Waals surface area (Å²) in [5.74, 6) is 1.86. The Bertz CT molecular complexity index is 585. The van der Waals surface area contributed by atoms with Gasteiger partial charge in [-0.25, -0.2) is 0 Å². The fourth-order valence-corrected chi connectivity index (χ4v) is 5.60. The summed E-state index contributed by atoms with van der Waals surface area (Å²) in [6.45, 7) is 1.25. The molecule has 2 aliphatic carbocycles. The van der Waals surface area contributed by atoms with Crippen LogP contribution in [-0.2, 0) is 11.8 Å². The Morgan fingerprint density at radius 2 is 2.14 bits per heavy atom. The highest BCUT2D eigenvalue weighted by Gasteiger charge is 2.53. The quantitative estimate of drug-likeness (QED) is 0.905. The van der Waals surface area contributed by atoms with Gasteiger partial charge in [0.15, 0.2) is 0 Å². The number of ether oxygens (including phenoxy) is 1. The summed E-state index contributed by atoms with van der Waals surface area (Å²) in [6.07, 6.45) is 8.11. The van der Waals surface area contributed by atoms with Crippen molar-refractivity contribution in [3.63, 3.8) is 0 Å². The van der Waals surface area contributed by atoms with E-state index in [1.54, 1.807) is 18.2 Å². The van der Waals surface area contributed by atoms with E-state index in [0.717, 1.165) is 23.4 Å². The molecule has 1 aromatic carbocycles. The van der Waals surface area contributed by atoms with Crippen LogP contribution in [0, 0.1) is 5.92 Å². The van der Waals surface area contributed by atoms with Gasteiger partial charge in [-0.3, -0.25) is 0 Å². The van der Waals surface area contributed by atoms with E-state index >= 15 is 0 Å². The summed E-state index contributed by atoms with van der Waals surface area (Å²) in [4.78, 5) is 2.63. The number of hydrogen-bond donors (Lipinski definition) is 1. The molecule has 0 aromatic heterocycles. The second kappa shape index (κ2) is 5.16. The highest BCUT2D eigenvalue weighted by molar-refractivity contribution is 5.62. The van der Waals surface area contributed by atoms with E-state index in [0.29, 0.717) is 5.41 Å². The molecule has 1 heterocycles. The zero-order valence-corrected chi connectivity index (χ0v) is 14.1. The Balaban J connectivity index is 1.89. The average molecular weight is 300 g/mol. The normalized spacial score (nSPS) is 33.8. The van der Waals surface area contributed by atoms with E-state index in [2.05, 4.69) is 29.4 Å². The first-order valence-electron chi connectivity index (χ1n) is 8.79. The van der Waals surface area contributed by atoms with Gasteiger partial charge in [0.25, 0.3) is 0 Å². The SMILES string of the molecule is CNc1cc2c(cc1OC)[C@@]13CCCC[C@@H]1[C@@H](C2)N(C)CC3. The van der Waals surface area contributed by atoms with Crippen LogP contribution in [0.5, 0.6) is 5.75 Å². The van der Waals surface area contributed by atoms with Gasteiger partial charge in [-0.1, -0.05) is 12.8 Å². The first-order chi connectivity index (χ1) is 10.7. The number of piperidine rings is 1. The first kappa shape index (κ1) is 14.4. The van der Waals surface area contributed by atoms with Crippen LogP contribution in [0.4, 0.5) is 5.69 Å². The van der Waals surface area contributed by atoms with Crippen LogP contribution in [-0.4, -0.2) is 38.7 Å². The minimum Gasteiger partial charge on any atom is -0.495 e. The summed E-state index contributed by atoms with van der Waals surface area (Å²) in [6, 6.07) is 5.45. The fraction of sp³-hybridized carbons (Fsp3) is 0.684. The van der Waals surface area contributed by atoms with E-state index in [4.69, 9.17) is 4.74 Å². The van der Waals surface area contributed by atoms with E-state index in [-0.39, 0.29) is 0 Å². The summed E-state index contributed by atoms with van der Waals surface area (Å²) in [5.41, 5.74) is 4.72. The van der Waals surface area contributed by atoms with Crippen LogP contribution in [0.1, 0.15) is 43.2 Å². The summed E-state index contributed by atoms with van der Waals surface area (Å²) in [5, 5.41) is 3.30. The van der Waals surface area contributed by atoms with Gasteiger partial charge in [-0.2, -0.15) is 0 Å². The highest BCUT2D eigenvalue weighted by atomic mass is 16.5. The average Bonchev–Trinajstić information content (AvgIpc) is 2.57. The van der Waals surface area contributed by atoms with Crippen molar-refractivity contribution in [1.29, 1.82) is 0 Å². The Labute approximate surface area is 134 Å². The van der Waals surface area contributed by atoms with Crippen LogP contribution in [0.15, 0.2) is 12.1 Å². The largest absolute Gasteiger partial charge is 0.495 e. The number of likely N-dealkylation sites (N-methyl/N-ethyl adjacent to an activating group) is 1. The molecule has 3 aliphatic rings. The Morgan fingerprint density at radius 1 is 1.27 bits per heavy atom. The Kier molecular flexibility index (Phi) is 3.37. The predicted molar refractivity (Wildman–Crippen MR) is 90.9 cm³/mol. The zero-order valence-electron chi connectivity index (χ0n) is 14.1. The maximum atomic E-state index is 5.66. The minimum absolute atomic E-state index is 0.419. The lowest BCUT2D eigenvalue weighted by Gasteiger charge is -2.58. The number of likely N-dealkylation sites (tertiary alicyclic amines) is 1. The van der Waals surface area contributed by atoms with Crippen molar-refractivity contribution in [3.05, 3.63) is 23.3 Å². The fourth-order valence-electron chi connectivity index (χ4n) is 5.60.